The van der Waals surface area contributed by atoms with Crippen LogP contribution in [0.3, 0.4) is 0 Å². The van der Waals surface area contributed by atoms with E-state index < -0.39 is 0 Å². The number of amides is 2. The number of aromatic nitrogens is 1. The minimum atomic E-state index is -0.235. The Bertz CT molecular complexity index is 676. The van der Waals surface area contributed by atoms with Gasteiger partial charge in [-0.2, -0.15) is 0 Å². The Hall–Kier alpha value is -2.63. The Morgan fingerprint density at radius 2 is 2.10 bits per heavy atom. The third-order valence-electron chi connectivity index (χ3n) is 3.44. The fourth-order valence-electron chi connectivity index (χ4n) is 2.29. The van der Waals surface area contributed by atoms with E-state index in [1.54, 1.807) is 0 Å². The van der Waals surface area contributed by atoms with Crippen LogP contribution in [0.25, 0.3) is 11.3 Å². The Kier molecular flexibility index (Phi) is 3.43. The van der Waals surface area contributed by atoms with Gasteiger partial charge in [0.05, 0.1) is 12.7 Å². The second-order valence-electron chi connectivity index (χ2n) is 5.01. The molecule has 1 aromatic heterocycles. The molecule has 6 nitrogen and oxygen atoms in total. The van der Waals surface area contributed by atoms with E-state index in [0.29, 0.717) is 24.4 Å². The van der Waals surface area contributed by atoms with Gasteiger partial charge in [-0.1, -0.05) is 35.0 Å². The van der Waals surface area contributed by atoms with E-state index in [1.165, 1.54) is 11.1 Å². The fraction of sp³-hybridized carbons (Fsp3) is 0.267. The summed E-state index contributed by atoms with van der Waals surface area (Å²) >= 11 is 0. The van der Waals surface area contributed by atoms with Crippen LogP contribution in [0.2, 0.25) is 0 Å². The Labute approximate surface area is 121 Å². The Morgan fingerprint density at radius 3 is 2.81 bits per heavy atom. The van der Waals surface area contributed by atoms with Crippen molar-refractivity contribution < 1.29 is 14.1 Å². The number of nitrogens with zero attached hydrogens (tertiary/aromatic N) is 2. The molecule has 0 spiro atoms. The topological polar surface area (TPSA) is 75.4 Å². The molecule has 0 aliphatic carbocycles. The van der Waals surface area contributed by atoms with E-state index in [9.17, 15) is 9.59 Å². The first kappa shape index (κ1) is 13.4. The van der Waals surface area contributed by atoms with Crippen molar-refractivity contribution in [2.75, 3.05) is 19.6 Å². The third-order valence-corrected chi connectivity index (χ3v) is 3.44. The summed E-state index contributed by atoms with van der Waals surface area (Å²) < 4.78 is 5.23. The van der Waals surface area contributed by atoms with Crippen LogP contribution in [0.1, 0.15) is 15.9 Å². The number of carbonyl (C=O) groups is 2. The molecule has 3 rings (SSSR count). The van der Waals surface area contributed by atoms with Gasteiger partial charge in [0.1, 0.15) is 5.56 Å². The summed E-state index contributed by atoms with van der Waals surface area (Å²) in [7, 11) is 0. The normalized spacial score (nSPS) is 14.9. The molecular weight excluding hydrogens is 270 g/mol. The summed E-state index contributed by atoms with van der Waals surface area (Å²) in [6, 6.07) is 7.66. The number of rotatable bonds is 2. The smallest absolute Gasteiger partial charge is 0.260 e. The van der Waals surface area contributed by atoms with E-state index in [4.69, 9.17) is 4.52 Å². The molecule has 0 saturated carbocycles. The van der Waals surface area contributed by atoms with Gasteiger partial charge in [0.15, 0.2) is 5.76 Å². The predicted octanol–water partition coefficient (Wildman–Crippen LogP) is 1.22. The molecule has 1 aliphatic rings. The highest BCUT2D eigenvalue weighted by Gasteiger charge is 2.26. The van der Waals surface area contributed by atoms with Gasteiger partial charge in [0.25, 0.3) is 5.91 Å². The standard InChI is InChI=1S/C15H15N3O3/c1-10-2-4-11(5-3-10)14-12(8-17-21-14)15(20)18-7-6-16-13(19)9-18/h2-5,8H,6-7,9H2,1H3,(H,16,19). The van der Waals surface area contributed by atoms with Crippen LogP contribution in [-0.2, 0) is 4.79 Å². The van der Waals surface area contributed by atoms with Gasteiger partial charge in [0, 0.05) is 18.7 Å². The molecule has 2 heterocycles. The highest BCUT2D eigenvalue weighted by molar-refractivity contribution is 6.01. The average Bonchev–Trinajstić information content (AvgIpc) is 2.96. The maximum absolute atomic E-state index is 12.5. The van der Waals surface area contributed by atoms with Crippen LogP contribution in [0.15, 0.2) is 35.0 Å². The average molecular weight is 285 g/mol. The van der Waals surface area contributed by atoms with Crippen molar-refractivity contribution in [2.24, 2.45) is 0 Å². The van der Waals surface area contributed by atoms with Crippen molar-refractivity contribution in [1.82, 2.24) is 15.4 Å². The zero-order valence-corrected chi connectivity index (χ0v) is 11.6. The van der Waals surface area contributed by atoms with Gasteiger partial charge in [0.2, 0.25) is 5.91 Å². The van der Waals surface area contributed by atoms with E-state index >= 15 is 0 Å². The number of benzene rings is 1. The summed E-state index contributed by atoms with van der Waals surface area (Å²) in [6.07, 6.45) is 1.41. The Morgan fingerprint density at radius 1 is 1.33 bits per heavy atom. The molecule has 6 heteroatoms. The Balaban J connectivity index is 1.89. The molecule has 1 N–H and O–H groups in total. The van der Waals surface area contributed by atoms with Crippen molar-refractivity contribution in [3.05, 3.63) is 41.6 Å². The molecule has 108 valence electrons. The van der Waals surface area contributed by atoms with Gasteiger partial charge in [-0.3, -0.25) is 9.59 Å². The zero-order valence-electron chi connectivity index (χ0n) is 11.6. The number of nitrogens with one attached hydrogen (secondary N) is 1. The van der Waals surface area contributed by atoms with Gasteiger partial charge in [-0.25, -0.2) is 0 Å². The number of hydrogen-bond acceptors (Lipinski definition) is 4. The molecular formula is C15H15N3O3. The second-order valence-corrected chi connectivity index (χ2v) is 5.01. The number of hydrogen-bond donors (Lipinski definition) is 1. The lowest BCUT2D eigenvalue weighted by atomic mass is 10.1. The van der Waals surface area contributed by atoms with Crippen molar-refractivity contribution in [1.29, 1.82) is 0 Å². The van der Waals surface area contributed by atoms with Crippen LogP contribution in [0.4, 0.5) is 0 Å². The maximum Gasteiger partial charge on any atom is 0.260 e. The number of piperazine rings is 1. The molecule has 1 saturated heterocycles. The molecule has 2 aromatic rings. The lowest BCUT2D eigenvalue weighted by Crippen LogP contribution is -2.50. The van der Waals surface area contributed by atoms with Crippen LogP contribution in [-0.4, -0.2) is 41.5 Å². The van der Waals surface area contributed by atoms with Crippen molar-refractivity contribution >= 4 is 11.8 Å². The zero-order chi connectivity index (χ0) is 14.8. The van der Waals surface area contributed by atoms with E-state index in [-0.39, 0.29) is 18.4 Å². The minimum absolute atomic E-state index is 0.0668. The van der Waals surface area contributed by atoms with Crippen LogP contribution >= 0.6 is 0 Å². The first-order valence-corrected chi connectivity index (χ1v) is 6.73. The minimum Gasteiger partial charge on any atom is -0.355 e. The summed E-state index contributed by atoms with van der Waals surface area (Å²) in [5.74, 6) is 0.0515. The van der Waals surface area contributed by atoms with Crippen molar-refractivity contribution in [3.63, 3.8) is 0 Å². The summed E-state index contributed by atoms with van der Waals surface area (Å²) in [4.78, 5) is 25.4. The highest BCUT2D eigenvalue weighted by Crippen LogP contribution is 2.25. The molecule has 0 atom stereocenters. The molecule has 21 heavy (non-hydrogen) atoms. The van der Waals surface area contributed by atoms with E-state index in [0.717, 1.165) is 11.1 Å². The van der Waals surface area contributed by atoms with Crippen molar-refractivity contribution in [3.8, 4) is 11.3 Å². The third kappa shape index (κ3) is 2.65. The fourth-order valence-corrected chi connectivity index (χ4v) is 2.29. The second kappa shape index (κ2) is 5.40. The highest BCUT2D eigenvalue weighted by atomic mass is 16.5. The first-order valence-electron chi connectivity index (χ1n) is 6.73. The maximum atomic E-state index is 12.5. The number of carbonyl (C=O) groups excluding carboxylic acids is 2. The summed E-state index contributed by atoms with van der Waals surface area (Å²) in [5.41, 5.74) is 2.30. The van der Waals surface area contributed by atoms with Crippen LogP contribution < -0.4 is 5.32 Å². The first-order chi connectivity index (χ1) is 10.1. The quantitative estimate of drug-likeness (QED) is 0.900. The van der Waals surface area contributed by atoms with E-state index in [2.05, 4.69) is 10.5 Å². The van der Waals surface area contributed by atoms with Gasteiger partial charge in [-0.05, 0) is 6.92 Å². The largest absolute Gasteiger partial charge is 0.355 e. The molecule has 0 radical (unpaired) electrons. The monoisotopic (exact) mass is 285 g/mol. The lowest BCUT2D eigenvalue weighted by molar-refractivity contribution is -0.123. The van der Waals surface area contributed by atoms with Gasteiger partial charge < -0.3 is 14.7 Å². The summed E-state index contributed by atoms with van der Waals surface area (Å²) in [5, 5.41) is 6.43. The molecule has 1 aromatic carbocycles. The molecule has 0 bridgehead atoms. The summed E-state index contributed by atoms with van der Waals surface area (Å²) in [6.45, 7) is 3.01. The van der Waals surface area contributed by atoms with Gasteiger partial charge >= 0.3 is 0 Å². The predicted molar refractivity (Wildman–Crippen MR) is 75.6 cm³/mol. The molecule has 2 amide bonds. The number of aryl methyl sites for hydroxylation is 1. The van der Waals surface area contributed by atoms with Crippen LogP contribution in [0, 0.1) is 6.92 Å². The molecule has 0 unspecified atom stereocenters. The molecule has 1 aliphatic heterocycles. The van der Waals surface area contributed by atoms with E-state index in [1.807, 2.05) is 31.2 Å². The van der Waals surface area contributed by atoms with Crippen LogP contribution in [0.5, 0.6) is 0 Å². The molecule has 1 fully saturated rings. The lowest BCUT2D eigenvalue weighted by Gasteiger charge is -2.26. The van der Waals surface area contributed by atoms with Gasteiger partial charge in [-0.15, -0.1) is 0 Å². The SMILES string of the molecule is Cc1ccc(-c2oncc2C(=O)N2CCNC(=O)C2)cc1. The van der Waals surface area contributed by atoms with Crippen molar-refractivity contribution in [2.45, 2.75) is 6.92 Å².